The predicted molar refractivity (Wildman–Crippen MR) is 105 cm³/mol. The number of aromatic nitrogens is 2. The summed E-state index contributed by atoms with van der Waals surface area (Å²) in [6, 6.07) is 12.4. The number of nitrogens with one attached hydrogen (secondary N) is 2. The van der Waals surface area contributed by atoms with E-state index in [1.807, 2.05) is 24.3 Å². The molecule has 1 aromatic carbocycles. The van der Waals surface area contributed by atoms with Gasteiger partial charge in [-0.15, -0.1) is 0 Å². The Hall–Kier alpha value is -3.32. The summed E-state index contributed by atoms with van der Waals surface area (Å²) < 4.78 is 5.50. The SMILES string of the molecule is O=C(Nc1cccc2cccnc12)c1ccnc(C(=O)NCC2CCCO2)c1. The van der Waals surface area contributed by atoms with Crippen LogP contribution in [0, 0.1) is 0 Å². The molecule has 1 fully saturated rings. The lowest BCUT2D eigenvalue weighted by Crippen LogP contribution is -2.32. The summed E-state index contributed by atoms with van der Waals surface area (Å²) in [5, 5.41) is 6.61. The van der Waals surface area contributed by atoms with E-state index in [4.69, 9.17) is 4.74 Å². The molecule has 7 nitrogen and oxygen atoms in total. The van der Waals surface area contributed by atoms with E-state index in [-0.39, 0.29) is 23.6 Å². The highest BCUT2D eigenvalue weighted by Crippen LogP contribution is 2.21. The van der Waals surface area contributed by atoms with E-state index >= 15 is 0 Å². The molecule has 28 heavy (non-hydrogen) atoms. The van der Waals surface area contributed by atoms with Crippen molar-refractivity contribution in [1.82, 2.24) is 15.3 Å². The third kappa shape index (κ3) is 3.99. The first kappa shape index (κ1) is 18.1. The molecule has 0 saturated carbocycles. The fourth-order valence-electron chi connectivity index (χ4n) is 3.20. The number of nitrogens with zero attached hydrogens (tertiary/aromatic N) is 2. The molecule has 0 radical (unpaired) electrons. The van der Waals surface area contributed by atoms with Gasteiger partial charge in [0.15, 0.2) is 0 Å². The topological polar surface area (TPSA) is 93.2 Å². The average Bonchev–Trinajstić information content (AvgIpc) is 3.26. The molecule has 2 amide bonds. The molecule has 0 bridgehead atoms. The summed E-state index contributed by atoms with van der Waals surface area (Å²) in [5.41, 5.74) is 1.87. The van der Waals surface area contributed by atoms with Crippen molar-refractivity contribution >= 4 is 28.4 Å². The summed E-state index contributed by atoms with van der Waals surface area (Å²) >= 11 is 0. The van der Waals surface area contributed by atoms with E-state index in [9.17, 15) is 9.59 Å². The average molecular weight is 376 g/mol. The second kappa shape index (κ2) is 8.14. The van der Waals surface area contributed by atoms with Crippen molar-refractivity contribution in [3.63, 3.8) is 0 Å². The number of anilines is 1. The van der Waals surface area contributed by atoms with Gasteiger partial charge in [-0.3, -0.25) is 19.6 Å². The number of rotatable bonds is 5. The van der Waals surface area contributed by atoms with Gasteiger partial charge in [0.05, 0.1) is 17.3 Å². The highest BCUT2D eigenvalue weighted by molar-refractivity contribution is 6.09. The minimum atomic E-state index is -0.325. The Bertz CT molecular complexity index is 1010. The number of para-hydroxylation sites is 1. The lowest BCUT2D eigenvalue weighted by Gasteiger charge is -2.11. The Balaban J connectivity index is 1.47. The number of pyridine rings is 2. The van der Waals surface area contributed by atoms with E-state index in [1.165, 1.54) is 12.3 Å². The Morgan fingerprint density at radius 1 is 1.07 bits per heavy atom. The maximum atomic E-state index is 12.7. The van der Waals surface area contributed by atoms with Gasteiger partial charge in [0.1, 0.15) is 5.69 Å². The van der Waals surface area contributed by atoms with Gasteiger partial charge in [-0.05, 0) is 37.1 Å². The van der Waals surface area contributed by atoms with Crippen molar-refractivity contribution in [3.05, 3.63) is 66.1 Å². The number of fused-ring (bicyclic) bond motifs is 1. The van der Waals surface area contributed by atoms with Gasteiger partial charge in [0, 0.05) is 36.5 Å². The van der Waals surface area contributed by atoms with Gasteiger partial charge in [-0.2, -0.15) is 0 Å². The number of carbonyl (C=O) groups excluding carboxylic acids is 2. The number of ether oxygens (including phenoxy) is 1. The standard InChI is InChI=1S/C21H20N4O3/c26-20(25-17-7-1-4-14-5-2-9-23-19(14)17)15-8-10-22-18(12-15)21(27)24-13-16-6-3-11-28-16/h1-2,4-5,7-10,12,16H,3,6,11,13H2,(H,24,27)(H,25,26). The Morgan fingerprint density at radius 2 is 1.96 bits per heavy atom. The molecule has 3 heterocycles. The number of hydrogen-bond acceptors (Lipinski definition) is 5. The number of amides is 2. The zero-order valence-electron chi connectivity index (χ0n) is 15.2. The van der Waals surface area contributed by atoms with E-state index in [0.29, 0.717) is 23.3 Å². The smallest absolute Gasteiger partial charge is 0.269 e. The number of carbonyl (C=O) groups is 2. The summed E-state index contributed by atoms with van der Waals surface area (Å²) in [6.45, 7) is 1.18. The van der Waals surface area contributed by atoms with Crippen LogP contribution in [-0.4, -0.2) is 41.0 Å². The Labute approximate surface area is 162 Å². The lowest BCUT2D eigenvalue weighted by atomic mass is 10.1. The predicted octanol–water partition coefficient (Wildman–Crippen LogP) is 2.79. The van der Waals surface area contributed by atoms with Crippen LogP contribution < -0.4 is 10.6 Å². The summed E-state index contributed by atoms with van der Waals surface area (Å²) in [4.78, 5) is 33.4. The fourth-order valence-corrected chi connectivity index (χ4v) is 3.20. The molecule has 4 rings (SSSR count). The van der Waals surface area contributed by atoms with Crippen LogP contribution in [0.1, 0.15) is 33.7 Å². The van der Waals surface area contributed by atoms with Crippen LogP contribution in [0.25, 0.3) is 10.9 Å². The molecule has 7 heteroatoms. The quantitative estimate of drug-likeness (QED) is 0.714. The molecular weight excluding hydrogens is 356 g/mol. The van der Waals surface area contributed by atoms with Crippen molar-refractivity contribution in [1.29, 1.82) is 0 Å². The van der Waals surface area contributed by atoms with Crippen LogP contribution >= 0.6 is 0 Å². The molecule has 2 N–H and O–H groups in total. The second-order valence-electron chi connectivity index (χ2n) is 6.61. The molecule has 2 aromatic heterocycles. The van der Waals surface area contributed by atoms with Crippen molar-refractivity contribution in [2.45, 2.75) is 18.9 Å². The van der Waals surface area contributed by atoms with Gasteiger partial charge in [0.25, 0.3) is 11.8 Å². The molecule has 1 unspecified atom stereocenters. The van der Waals surface area contributed by atoms with Crippen LogP contribution in [-0.2, 0) is 4.74 Å². The summed E-state index contributed by atoms with van der Waals surface area (Å²) in [7, 11) is 0. The van der Waals surface area contributed by atoms with Gasteiger partial charge < -0.3 is 15.4 Å². The van der Waals surface area contributed by atoms with Crippen molar-refractivity contribution in [2.75, 3.05) is 18.5 Å². The minimum absolute atomic E-state index is 0.0503. The van der Waals surface area contributed by atoms with Gasteiger partial charge in [-0.25, -0.2) is 0 Å². The molecule has 142 valence electrons. The highest BCUT2D eigenvalue weighted by atomic mass is 16.5. The van der Waals surface area contributed by atoms with Crippen LogP contribution in [0.3, 0.4) is 0 Å². The highest BCUT2D eigenvalue weighted by Gasteiger charge is 2.18. The van der Waals surface area contributed by atoms with E-state index < -0.39 is 0 Å². The van der Waals surface area contributed by atoms with E-state index in [0.717, 1.165) is 24.8 Å². The van der Waals surface area contributed by atoms with Crippen molar-refractivity contribution in [3.8, 4) is 0 Å². The Morgan fingerprint density at radius 3 is 2.82 bits per heavy atom. The van der Waals surface area contributed by atoms with Gasteiger partial charge in [0.2, 0.25) is 0 Å². The largest absolute Gasteiger partial charge is 0.376 e. The molecule has 1 aliphatic rings. The van der Waals surface area contributed by atoms with Crippen LogP contribution in [0.15, 0.2) is 54.9 Å². The van der Waals surface area contributed by atoms with E-state index in [2.05, 4.69) is 20.6 Å². The number of benzene rings is 1. The fraction of sp³-hybridized carbons (Fsp3) is 0.238. The normalized spacial score (nSPS) is 16.1. The van der Waals surface area contributed by atoms with Gasteiger partial charge in [-0.1, -0.05) is 18.2 Å². The van der Waals surface area contributed by atoms with Crippen molar-refractivity contribution in [2.24, 2.45) is 0 Å². The van der Waals surface area contributed by atoms with Crippen LogP contribution in [0.5, 0.6) is 0 Å². The Kier molecular flexibility index (Phi) is 5.25. The number of hydrogen-bond donors (Lipinski definition) is 2. The third-order valence-corrected chi connectivity index (χ3v) is 4.65. The zero-order valence-corrected chi connectivity index (χ0v) is 15.2. The first-order valence-electron chi connectivity index (χ1n) is 9.22. The molecular formula is C21H20N4O3. The molecule has 0 spiro atoms. The van der Waals surface area contributed by atoms with Crippen LogP contribution in [0.2, 0.25) is 0 Å². The lowest BCUT2D eigenvalue weighted by molar-refractivity contribution is 0.0853. The molecule has 1 saturated heterocycles. The van der Waals surface area contributed by atoms with Crippen molar-refractivity contribution < 1.29 is 14.3 Å². The van der Waals surface area contributed by atoms with E-state index in [1.54, 1.807) is 18.3 Å². The second-order valence-corrected chi connectivity index (χ2v) is 6.61. The molecule has 3 aromatic rings. The minimum Gasteiger partial charge on any atom is -0.376 e. The maximum Gasteiger partial charge on any atom is 0.269 e. The summed E-state index contributed by atoms with van der Waals surface area (Å²) in [5.74, 6) is -0.647. The maximum absolute atomic E-state index is 12.7. The monoisotopic (exact) mass is 376 g/mol. The van der Waals surface area contributed by atoms with Crippen LogP contribution in [0.4, 0.5) is 5.69 Å². The molecule has 0 aliphatic carbocycles. The zero-order chi connectivity index (χ0) is 19.3. The summed E-state index contributed by atoms with van der Waals surface area (Å²) in [6.07, 6.45) is 5.14. The third-order valence-electron chi connectivity index (χ3n) is 4.65. The molecule has 1 aliphatic heterocycles. The first-order valence-corrected chi connectivity index (χ1v) is 9.22. The molecule has 1 atom stereocenters. The first-order chi connectivity index (χ1) is 13.7. The van der Waals surface area contributed by atoms with Gasteiger partial charge >= 0.3 is 0 Å².